The van der Waals surface area contributed by atoms with Crippen molar-refractivity contribution in [1.29, 1.82) is 0 Å². The first-order valence-electron chi connectivity index (χ1n) is 14.2. The van der Waals surface area contributed by atoms with E-state index in [1.807, 2.05) is 31.2 Å². The van der Waals surface area contributed by atoms with Crippen LogP contribution in [0.1, 0.15) is 63.1 Å². The van der Waals surface area contributed by atoms with E-state index in [1.54, 1.807) is 17.3 Å². The van der Waals surface area contributed by atoms with E-state index in [0.29, 0.717) is 24.5 Å². The van der Waals surface area contributed by atoms with Crippen molar-refractivity contribution in [3.63, 3.8) is 0 Å². The number of amides is 1. The van der Waals surface area contributed by atoms with Crippen molar-refractivity contribution in [3.05, 3.63) is 78.4 Å². The molecule has 222 valence electrons. The molecule has 3 saturated carbocycles. The number of anilines is 1. The zero-order valence-corrected chi connectivity index (χ0v) is 23.6. The third-order valence-corrected chi connectivity index (χ3v) is 8.87. The Balaban J connectivity index is 1.38. The van der Waals surface area contributed by atoms with Gasteiger partial charge in [-0.25, -0.2) is 9.97 Å². The van der Waals surface area contributed by atoms with Gasteiger partial charge in [-0.3, -0.25) is 14.2 Å². The molecule has 0 unspecified atom stereocenters. The number of rotatable bonds is 10. The van der Waals surface area contributed by atoms with E-state index in [-0.39, 0.29) is 34.7 Å². The second kappa shape index (κ2) is 11.8. The summed E-state index contributed by atoms with van der Waals surface area (Å²) in [6.07, 6.45) is 4.56. The van der Waals surface area contributed by atoms with Crippen molar-refractivity contribution in [2.24, 2.45) is 5.41 Å². The van der Waals surface area contributed by atoms with Gasteiger partial charge < -0.3 is 9.64 Å². The van der Waals surface area contributed by atoms with Gasteiger partial charge in [0.2, 0.25) is 0 Å². The Kier molecular flexibility index (Phi) is 8.35. The van der Waals surface area contributed by atoms with Crippen molar-refractivity contribution in [3.8, 4) is 17.1 Å². The van der Waals surface area contributed by atoms with Crippen LogP contribution in [-0.4, -0.2) is 40.7 Å². The lowest BCUT2D eigenvalue weighted by Gasteiger charge is -2.54. The van der Waals surface area contributed by atoms with E-state index in [1.165, 1.54) is 6.07 Å². The number of alkyl halides is 4. The molecule has 0 aliphatic heterocycles. The molecule has 3 aliphatic rings. The average Bonchev–Trinajstić information content (AvgIpc) is 3.01. The number of carbonyl (C=O) groups excluding carboxylic acids is 1. The monoisotopic (exact) mass is 582 g/mol. The van der Waals surface area contributed by atoms with Gasteiger partial charge in [0.1, 0.15) is 0 Å². The Morgan fingerprint density at radius 2 is 1.67 bits per heavy atom. The number of carbonyl (C=O) groups is 1. The lowest BCUT2D eigenvalue weighted by Crippen LogP contribution is -2.51. The first-order chi connectivity index (χ1) is 20.1. The number of halogens is 4. The maximum atomic E-state index is 13.7. The highest BCUT2D eigenvalue weighted by Crippen LogP contribution is 2.58. The molecule has 0 N–H and O–H groups in total. The van der Waals surface area contributed by atoms with E-state index in [2.05, 4.69) is 21.5 Å². The smallest absolute Gasteiger partial charge is 0.417 e. The second-order valence-corrected chi connectivity index (χ2v) is 11.4. The molecule has 1 aromatic carbocycles. The Morgan fingerprint density at radius 1 is 0.976 bits per heavy atom. The predicted molar refractivity (Wildman–Crippen MR) is 152 cm³/mol. The molecule has 2 aromatic heterocycles. The highest BCUT2D eigenvalue weighted by atomic mass is 19.4. The molecule has 0 atom stereocenters. The van der Waals surface area contributed by atoms with Crippen LogP contribution in [0.5, 0.6) is 6.01 Å². The molecule has 3 fully saturated rings. The van der Waals surface area contributed by atoms with Crippen molar-refractivity contribution in [1.82, 2.24) is 15.0 Å². The molecule has 1 amide bonds. The van der Waals surface area contributed by atoms with E-state index in [9.17, 15) is 22.4 Å². The van der Waals surface area contributed by atoms with Gasteiger partial charge in [-0.1, -0.05) is 18.7 Å². The summed E-state index contributed by atoms with van der Waals surface area (Å²) in [7, 11) is 0. The van der Waals surface area contributed by atoms with E-state index in [4.69, 9.17) is 4.74 Å². The van der Waals surface area contributed by atoms with Gasteiger partial charge in [-0.15, -0.1) is 0 Å². The third-order valence-electron chi connectivity index (χ3n) is 8.87. The van der Waals surface area contributed by atoms with Gasteiger partial charge in [0, 0.05) is 59.5 Å². The largest absolute Gasteiger partial charge is 0.464 e. The SMILES string of the molecule is C=C(CCF)C(=O)N(CC12CCC(c3ccc(C(F)(F)F)cn3)(CC1)CC2)c1cccc(-c2cnc(OCC)nc2)c1. The number of fused-ring (bicyclic) bond motifs is 3. The van der Waals surface area contributed by atoms with E-state index < -0.39 is 18.4 Å². The topological polar surface area (TPSA) is 68.2 Å². The van der Waals surface area contributed by atoms with Crippen molar-refractivity contribution in [2.75, 3.05) is 24.7 Å². The number of hydrogen-bond acceptors (Lipinski definition) is 5. The minimum absolute atomic E-state index is 0.0442. The minimum Gasteiger partial charge on any atom is -0.464 e. The van der Waals surface area contributed by atoms with Crippen LogP contribution in [0.4, 0.5) is 23.2 Å². The third kappa shape index (κ3) is 6.03. The van der Waals surface area contributed by atoms with Crippen molar-refractivity contribution < 1.29 is 27.1 Å². The lowest BCUT2D eigenvalue weighted by molar-refractivity contribution is -0.137. The minimum atomic E-state index is -4.42. The Hall–Kier alpha value is -3.82. The van der Waals surface area contributed by atoms with Crippen LogP contribution in [-0.2, 0) is 16.4 Å². The van der Waals surface area contributed by atoms with Crippen molar-refractivity contribution >= 4 is 11.6 Å². The van der Waals surface area contributed by atoms with Crippen LogP contribution in [0, 0.1) is 5.41 Å². The van der Waals surface area contributed by atoms with Crippen LogP contribution < -0.4 is 9.64 Å². The van der Waals surface area contributed by atoms with Crippen LogP contribution in [0.15, 0.2) is 67.1 Å². The fourth-order valence-electron chi connectivity index (χ4n) is 6.31. The fourth-order valence-corrected chi connectivity index (χ4v) is 6.31. The van der Waals surface area contributed by atoms with Gasteiger partial charge in [0.15, 0.2) is 0 Å². The van der Waals surface area contributed by atoms with Crippen LogP contribution in [0.3, 0.4) is 0 Å². The highest BCUT2D eigenvalue weighted by molar-refractivity contribution is 6.05. The number of pyridine rings is 1. The molecule has 6 nitrogen and oxygen atoms in total. The molecule has 3 aliphatic carbocycles. The molecular formula is C32H34F4N4O2. The predicted octanol–water partition coefficient (Wildman–Crippen LogP) is 7.50. The Bertz CT molecular complexity index is 1400. The summed E-state index contributed by atoms with van der Waals surface area (Å²) in [5.74, 6) is -0.311. The second-order valence-electron chi connectivity index (χ2n) is 11.4. The van der Waals surface area contributed by atoms with Gasteiger partial charge in [-0.05, 0) is 80.7 Å². The molecule has 0 saturated heterocycles. The van der Waals surface area contributed by atoms with E-state index in [0.717, 1.165) is 61.9 Å². The molecule has 6 rings (SSSR count). The van der Waals surface area contributed by atoms with Crippen LogP contribution in [0.25, 0.3) is 11.1 Å². The highest BCUT2D eigenvalue weighted by Gasteiger charge is 2.51. The quantitative estimate of drug-likeness (QED) is 0.183. The molecule has 42 heavy (non-hydrogen) atoms. The number of aromatic nitrogens is 3. The van der Waals surface area contributed by atoms with Gasteiger partial charge in [-0.2, -0.15) is 13.2 Å². The maximum Gasteiger partial charge on any atom is 0.417 e. The van der Waals surface area contributed by atoms with Crippen LogP contribution >= 0.6 is 0 Å². The zero-order chi connectivity index (χ0) is 30.0. The fraction of sp³-hybridized carbons (Fsp3) is 0.438. The summed E-state index contributed by atoms with van der Waals surface area (Å²) in [5, 5.41) is 0. The molecule has 0 radical (unpaired) electrons. The number of benzene rings is 1. The molecular weight excluding hydrogens is 548 g/mol. The number of hydrogen-bond donors (Lipinski definition) is 0. The summed E-state index contributed by atoms with van der Waals surface area (Å²) < 4.78 is 57.8. The summed E-state index contributed by atoms with van der Waals surface area (Å²) in [5.41, 5.74) is 2.00. The number of nitrogens with zero attached hydrogens (tertiary/aromatic N) is 4. The van der Waals surface area contributed by atoms with Gasteiger partial charge in [0.05, 0.1) is 18.8 Å². The summed E-state index contributed by atoms with van der Waals surface area (Å²) in [6.45, 7) is 5.95. The lowest BCUT2D eigenvalue weighted by atomic mass is 9.52. The summed E-state index contributed by atoms with van der Waals surface area (Å²) in [4.78, 5) is 28.1. The maximum absolute atomic E-state index is 13.7. The standard InChI is InChI=1S/C32H34F4N4O2/c1-3-42-29-38-18-24(19-39-29)23-5-4-6-26(17-23)40(28(41)22(2)9-16-33)21-30-10-13-31(14-11-30,15-12-30)27-8-7-25(20-37-27)32(34,35)36/h4-8,17-20H,2-3,9-16,21H2,1H3. The van der Waals surface area contributed by atoms with Crippen LogP contribution in [0.2, 0.25) is 0 Å². The molecule has 0 spiro atoms. The number of ether oxygens (including phenoxy) is 1. The van der Waals surface area contributed by atoms with E-state index >= 15 is 0 Å². The normalized spacial score (nSPS) is 21.6. The average molecular weight is 583 g/mol. The van der Waals surface area contributed by atoms with Gasteiger partial charge in [0.25, 0.3) is 5.91 Å². The molecule has 10 heteroatoms. The molecule has 2 bridgehead atoms. The van der Waals surface area contributed by atoms with Gasteiger partial charge >= 0.3 is 12.2 Å². The molecule has 2 heterocycles. The summed E-state index contributed by atoms with van der Waals surface area (Å²) >= 11 is 0. The van der Waals surface area contributed by atoms with Crippen molar-refractivity contribution in [2.45, 2.75) is 63.5 Å². The first-order valence-corrected chi connectivity index (χ1v) is 14.2. The Morgan fingerprint density at radius 3 is 2.24 bits per heavy atom. The Labute approximate surface area is 242 Å². The zero-order valence-electron chi connectivity index (χ0n) is 23.6. The molecule has 3 aromatic rings. The summed E-state index contributed by atoms with van der Waals surface area (Å²) in [6, 6.07) is 10.5. The first kappa shape index (κ1) is 29.7.